The van der Waals surface area contributed by atoms with E-state index in [1.165, 1.54) is 18.5 Å². The van der Waals surface area contributed by atoms with E-state index in [1.54, 1.807) is 6.92 Å². The molecule has 19 heavy (non-hydrogen) atoms. The number of hydrazine groups is 1. The molecule has 0 saturated carbocycles. The lowest BCUT2D eigenvalue weighted by Crippen LogP contribution is -2.41. The molecule has 4 N–H and O–H groups in total. The van der Waals surface area contributed by atoms with Crippen molar-refractivity contribution in [2.45, 2.75) is 36.8 Å². The Morgan fingerprint density at radius 2 is 2.37 bits per heavy atom. The lowest BCUT2D eigenvalue weighted by molar-refractivity contribution is 0.0902. The van der Waals surface area contributed by atoms with Crippen LogP contribution in [0.2, 0.25) is 0 Å². The average molecular weight is 286 g/mol. The predicted octanol–water partition coefficient (Wildman–Crippen LogP) is 0.213. The summed E-state index contributed by atoms with van der Waals surface area (Å²) in [6.45, 7) is 2.47. The Balaban J connectivity index is 2.17. The Kier molecular flexibility index (Phi) is 4.35. The molecule has 0 spiro atoms. The van der Waals surface area contributed by atoms with Gasteiger partial charge in [0.15, 0.2) is 0 Å². The lowest BCUT2D eigenvalue weighted by atomic mass is 10.1. The Morgan fingerprint density at radius 3 is 3.00 bits per heavy atom. The van der Waals surface area contributed by atoms with E-state index >= 15 is 0 Å². The summed E-state index contributed by atoms with van der Waals surface area (Å²) in [7, 11) is -3.67. The van der Waals surface area contributed by atoms with Crippen LogP contribution in [0.4, 0.5) is 5.69 Å². The van der Waals surface area contributed by atoms with Crippen molar-refractivity contribution in [3.8, 4) is 0 Å². The van der Waals surface area contributed by atoms with Crippen molar-refractivity contribution in [2.75, 3.05) is 12.0 Å². The molecule has 2 heterocycles. The lowest BCUT2D eigenvalue weighted by Gasteiger charge is -2.20. The zero-order valence-electron chi connectivity index (χ0n) is 10.7. The van der Waals surface area contributed by atoms with Gasteiger partial charge in [-0.05, 0) is 25.8 Å². The van der Waals surface area contributed by atoms with Crippen molar-refractivity contribution in [1.29, 1.82) is 0 Å². The number of anilines is 1. The number of sulfonamides is 1. The minimum Gasteiger partial charge on any atom is -0.377 e. The highest BCUT2D eigenvalue weighted by molar-refractivity contribution is 7.89. The summed E-state index contributed by atoms with van der Waals surface area (Å²) in [5.41, 5.74) is 2.66. The molecule has 1 aromatic heterocycles. The van der Waals surface area contributed by atoms with Gasteiger partial charge in [0.2, 0.25) is 10.0 Å². The number of pyridine rings is 1. The zero-order chi connectivity index (χ0) is 13.9. The van der Waals surface area contributed by atoms with Gasteiger partial charge in [-0.3, -0.25) is 10.8 Å². The standard InChI is InChI=1S/C11H18N4O3S/c1-8(10-3-2-6-18-10)15-19(16,17)11-7-13-5-4-9(11)14-12/h4-5,7-8,10,15H,2-3,6,12H2,1H3,(H,13,14). The van der Waals surface area contributed by atoms with Crippen LogP contribution in [0.1, 0.15) is 19.8 Å². The molecule has 1 aromatic rings. The van der Waals surface area contributed by atoms with Gasteiger partial charge in [0.05, 0.1) is 11.8 Å². The second-order valence-corrected chi connectivity index (χ2v) is 6.16. The molecule has 106 valence electrons. The van der Waals surface area contributed by atoms with Crippen LogP contribution in [-0.4, -0.2) is 32.2 Å². The largest absolute Gasteiger partial charge is 0.377 e. The van der Waals surface area contributed by atoms with Gasteiger partial charge >= 0.3 is 0 Å². The summed E-state index contributed by atoms with van der Waals surface area (Å²) < 4.78 is 32.6. The van der Waals surface area contributed by atoms with E-state index in [0.717, 1.165) is 12.8 Å². The van der Waals surface area contributed by atoms with Crippen LogP contribution >= 0.6 is 0 Å². The van der Waals surface area contributed by atoms with E-state index in [4.69, 9.17) is 10.6 Å². The number of aromatic nitrogens is 1. The second kappa shape index (κ2) is 5.83. The summed E-state index contributed by atoms with van der Waals surface area (Å²) in [5.74, 6) is 5.31. The van der Waals surface area contributed by atoms with Crippen molar-refractivity contribution in [1.82, 2.24) is 9.71 Å². The van der Waals surface area contributed by atoms with Crippen LogP contribution in [0.3, 0.4) is 0 Å². The van der Waals surface area contributed by atoms with Gasteiger partial charge < -0.3 is 10.2 Å². The van der Waals surface area contributed by atoms with Gasteiger partial charge in [0.25, 0.3) is 0 Å². The van der Waals surface area contributed by atoms with E-state index in [2.05, 4.69) is 15.1 Å². The monoisotopic (exact) mass is 286 g/mol. The average Bonchev–Trinajstić information content (AvgIpc) is 2.92. The van der Waals surface area contributed by atoms with Crippen molar-refractivity contribution in [3.63, 3.8) is 0 Å². The quantitative estimate of drug-likeness (QED) is 0.528. The summed E-state index contributed by atoms with van der Waals surface area (Å²) in [5, 5.41) is 0. The number of nitrogens with zero attached hydrogens (tertiary/aromatic N) is 1. The first-order valence-electron chi connectivity index (χ1n) is 6.09. The third kappa shape index (κ3) is 3.21. The first-order valence-corrected chi connectivity index (χ1v) is 7.57. The Labute approximate surface area is 112 Å². The minimum absolute atomic E-state index is 0.0300. The predicted molar refractivity (Wildman–Crippen MR) is 70.8 cm³/mol. The van der Waals surface area contributed by atoms with Gasteiger partial charge in [-0.25, -0.2) is 13.1 Å². The van der Waals surface area contributed by atoms with Crippen LogP contribution < -0.4 is 16.0 Å². The van der Waals surface area contributed by atoms with Crippen molar-refractivity contribution in [3.05, 3.63) is 18.5 Å². The molecule has 2 atom stereocenters. The molecule has 1 saturated heterocycles. The number of nitrogen functional groups attached to an aromatic ring is 1. The van der Waals surface area contributed by atoms with E-state index in [0.29, 0.717) is 12.3 Å². The van der Waals surface area contributed by atoms with Gasteiger partial charge in [-0.1, -0.05) is 0 Å². The maximum absolute atomic E-state index is 12.3. The van der Waals surface area contributed by atoms with Crippen LogP contribution in [0.15, 0.2) is 23.4 Å². The Bertz CT molecular complexity index is 528. The molecule has 8 heteroatoms. The summed E-state index contributed by atoms with van der Waals surface area (Å²) in [6.07, 6.45) is 4.47. The van der Waals surface area contributed by atoms with E-state index in [1.807, 2.05) is 0 Å². The van der Waals surface area contributed by atoms with Crippen LogP contribution in [-0.2, 0) is 14.8 Å². The topological polar surface area (TPSA) is 106 Å². The molecule has 7 nitrogen and oxygen atoms in total. The van der Waals surface area contributed by atoms with Crippen LogP contribution in [0.25, 0.3) is 0 Å². The molecule has 0 amide bonds. The molecule has 0 aromatic carbocycles. The Hall–Kier alpha value is -1.22. The SMILES string of the molecule is CC(NS(=O)(=O)c1cnccc1NN)C1CCCO1. The molecule has 1 aliphatic rings. The highest BCUT2D eigenvalue weighted by atomic mass is 32.2. The van der Waals surface area contributed by atoms with Crippen molar-refractivity contribution < 1.29 is 13.2 Å². The fraction of sp³-hybridized carbons (Fsp3) is 0.545. The smallest absolute Gasteiger partial charge is 0.244 e. The fourth-order valence-electron chi connectivity index (χ4n) is 2.09. The molecule has 0 radical (unpaired) electrons. The maximum atomic E-state index is 12.3. The van der Waals surface area contributed by atoms with Gasteiger partial charge in [-0.2, -0.15) is 0 Å². The number of rotatable bonds is 5. The number of nitrogens with one attached hydrogen (secondary N) is 2. The van der Waals surface area contributed by atoms with Gasteiger partial charge in [-0.15, -0.1) is 0 Å². The number of ether oxygens (including phenoxy) is 1. The molecule has 1 aliphatic heterocycles. The summed E-state index contributed by atoms with van der Waals surface area (Å²) >= 11 is 0. The first-order chi connectivity index (χ1) is 9.04. The van der Waals surface area contributed by atoms with E-state index < -0.39 is 10.0 Å². The fourth-order valence-corrected chi connectivity index (χ4v) is 3.48. The van der Waals surface area contributed by atoms with Gasteiger partial charge in [0, 0.05) is 25.0 Å². The maximum Gasteiger partial charge on any atom is 0.244 e. The summed E-state index contributed by atoms with van der Waals surface area (Å²) in [6, 6.07) is 1.21. The van der Waals surface area contributed by atoms with Crippen molar-refractivity contribution >= 4 is 15.7 Å². The highest BCUT2D eigenvalue weighted by Crippen LogP contribution is 2.21. The van der Waals surface area contributed by atoms with E-state index in [-0.39, 0.29) is 17.0 Å². The van der Waals surface area contributed by atoms with Crippen LogP contribution in [0.5, 0.6) is 0 Å². The van der Waals surface area contributed by atoms with E-state index in [9.17, 15) is 8.42 Å². The number of hydrogen-bond acceptors (Lipinski definition) is 6. The molecular weight excluding hydrogens is 268 g/mol. The molecule has 2 unspecified atom stereocenters. The number of nitrogens with two attached hydrogens (primary N) is 1. The Morgan fingerprint density at radius 1 is 1.58 bits per heavy atom. The third-order valence-corrected chi connectivity index (χ3v) is 4.68. The minimum atomic E-state index is -3.67. The zero-order valence-corrected chi connectivity index (χ0v) is 11.5. The third-order valence-electron chi connectivity index (χ3n) is 3.09. The first kappa shape index (κ1) is 14.2. The van der Waals surface area contributed by atoms with Crippen molar-refractivity contribution in [2.24, 2.45) is 5.84 Å². The normalized spacial score (nSPS) is 21.3. The molecule has 2 rings (SSSR count). The number of hydrogen-bond donors (Lipinski definition) is 3. The second-order valence-electron chi connectivity index (χ2n) is 4.48. The summed E-state index contributed by atoms with van der Waals surface area (Å²) in [4.78, 5) is 3.85. The molecule has 1 fully saturated rings. The molecule has 0 bridgehead atoms. The van der Waals surface area contributed by atoms with Gasteiger partial charge in [0.1, 0.15) is 4.90 Å². The molecule has 0 aliphatic carbocycles. The van der Waals surface area contributed by atoms with Crippen LogP contribution in [0, 0.1) is 0 Å². The molecular formula is C11H18N4O3S. The highest BCUT2D eigenvalue weighted by Gasteiger charge is 2.28.